The van der Waals surface area contributed by atoms with Crippen LogP contribution in [0.3, 0.4) is 0 Å². The van der Waals surface area contributed by atoms with Crippen molar-refractivity contribution in [2.75, 3.05) is 13.2 Å². The van der Waals surface area contributed by atoms with Crippen LogP contribution in [0.4, 0.5) is 0 Å². The number of aromatic hydroxyl groups is 3. The van der Waals surface area contributed by atoms with E-state index in [-0.39, 0.29) is 16.9 Å². The lowest BCUT2D eigenvalue weighted by Crippen LogP contribution is -2.60. The number of fused-ring (bicyclic) bond motifs is 1. The van der Waals surface area contributed by atoms with Gasteiger partial charge < -0.3 is 69.7 Å². The first-order chi connectivity index (χ1) is 19.4. The van der Waals surface area contributed by atoms with Crippen LogP contribution < -0.4 is 10.2 Å². The molecule has 41 heavy (non-hydrogen) atoms. The lowest BCUT2D eigenvalue weighted by atomic mass is 9.92. The number of aliphatic hydroxyl groups is 7. The van der Waals surface area contributed by atoms with Crippen LogP contribution in [0, 0.1) is 0 Å². The number of benzene rings is 2. The predicted octanol–water partition coefficient (Wildman–Crippen LogP) is -2.09. The maximum Gasteiger partial charge on any atom is 0.229 e. The van der Waals surface area contributed by atoms with Crippen molar-refractivity contribution in [2.45, 2.75) is 55.1 Å². The molecule has 0 amide bonds. The van der Waals surface area contributed by atoms with Gasteiger partial charge in [0.15, 0.2) is 16.9 Å². The Labute approximate surface area is 229 Å². The molecule has 2 aliphatic heterocycles. The Morgan fingerprint density at radius 2 is 1.59 bits per heavy atom. The quantitative estimate of drug-likeness (QED) is 0.145. The van der Waals surface area contributed by atoms with Crippen LogP contribution in [0.15, 0.2) is 39.5 Å². The van der Waals surface area contributed by atoms with Gasteiger partial charge in [0, 0.05) is 17.7 Å². The van der Waals surface area contributed by atoms with Crippen molar-refractivity contribution in [3.8, 4) is 34.3 Å². The van der Waals surface area contributed by atoms with Gasteiger partial charge in [-0.25, -0.2) is 0 Å². The molecule has 0 radical (unpaired) electrons. The summed E-state index contributed by atoms with van der Waals surface area (Å²) in [5, 5.41) is 101. The molecule has 10 N–H and O–H groups in total. The Kier molecular flexibility index (Phi) is 7.82. The van der Waals surface area contributed by atoms with Gasteiger partial charge in [-0.3, -0.25) is 4.79 Å². The Hall–Kier alpha value is -3.51. The zero-order chi connectivity index (χ0) is 29.7. The average Bonchev–Trinajstić information content (AvgIpc) is 2.94. The van der Waals surface area contributed by atoms with Crippen molar-refractivity contribution in [2.24, 2.45) is 0 Å². The average molecular weight is 580 g/mol. The van der Waals surface area contributed by atoms with Gasteiger partial charge in [-0.1, -0.05) is 0 Å². The highest BCUT2D eigenvalue weighted by Gasteiger charge is 2.46. The molecule has 3 heterocycles. The molecule has 2 saturated heterocycles. The minimum Gasteiger partial charge on any atom is -0.506 e. The van der Waals surface area contributed by atoms with Crippen molar-refractivity contribution in [1.82, 2.24) is 0 Å². The number of hydrogen-bond acceptors (Lipinski definition) is 15. The zero-order valence-electron chi connectivity index (χ0n) is 21.0. The third-order valence-electron chi connectivity index (χ3n) is 7.13. The zero-order valence-corrected chi connectivity index (χ0v) is 21.0. The summed E-state index contributed by atoms with van der Waals surface area (Å²) in [6.07, 6.45) is -15.2. The molecule has 1 aromatic heterocycles. The summed E-state index contributed by atoms with van der Waals surface area (Å²) >= 11 is 0. The van der Waals surface area contributed by atoms with E-state index in [1.54, 1.807) is 0 Å². The third-order valence-corrected chi connectivity index (χ3v) is 7.13. The smallest absolute Gasteiger partial charge is 0.229 e. The van der Waals surface area contributed by atoms with E-state index in [4.69, 9.17) is 18.6 Å². The summed E-state index contributed by atoms with van der Waals surface area (Å²) in [6.45, 7) is -1.26. The van der Waals surface area contributed by atoms with Gasteiger partial charge in [-0.2, -0.15) is 0 Å². The summed E-state index contributed by atoms with van der Waals surface area (Å²) < 4.78 is 22.4. The number of ether oxygens (including phenoxy) is 3. The molecule has 9 atom stereocenters. The van der Waals surface area contributed by atoms with Crippen molar-refractivity contribution < 1.29 is 69.7 Å². The van der Waals surface area contributed by atoms with E-state index in [9.17, 15) is 55.9 Å². The summed E-state index contributed by atoms with van der Waals surface area (Å²) in [5.41, 5.74) is -1.33. The van der Waals surface area contributed by atoms with Gasteiger partial charge in [0.2, 0.25) is 6.29 Å². The Balaban J connectivity index is 1.67. The summed E-state index contributed by atoms with van der Waals surface area (Å²) in [5.74, 6) is -2.27. The Morgan fingerprint density at radius 3 is 2.27 bits per heavy atom. The van der Waals surface area contributed by atoms with Gasteiger partial charge in [0.25, 0.3) is 0 Å². The van der Waals surface area contributed by atoms with Crippen LogP contribution in [-0.2, 0) is 9.47 Å². The lowest BCUT2D eigenvalue weighted by molar-refractivity contribution is -0.278. The summed E-state index contributed by atoms with van der Waals surface area (Å²) in [7, 11) is 0. The molecule has 15 heteroatoms. The van der Waals surface area contributed by atoms with E-state index >= 15 is 0 Å². The number of rotatable bonds is 5. The van der Waals surface area contributed by atoms with Crippen molar-refractivity contribution in [1.29, 1.82) is 0 Å². The molecular weight excluding hydrogens is 552 g/mol. The molecule has 2 aliphatic rings. The SMILES string of the molecule is O=c1cc(-c2ccc(O)c(O)c2)oc2cc(O[C@@H]3O[C@H](CO)[C@@H](O)[C@H](O)[C@H]3O)c([C@@H]3OC[C@H](O)[C@H](O)[C@H]3O)c(O)c12. The summed E-state index contributed by atoms with van der Waals surface area (Å²) in [4.78, 5) is 13.2. The highest BCUT2D eigenvalue weighted by atomic mass is 16.7. The molecule has 0 spiro atoms. The normalized spacial score (nSPS) is 32.2. The van der Waals surface area contributed by atoms with Crippen LogP contribution >= 0.6 is 0 Å². The van der Waals surface area contributed by atoms with Gasteiger partial charge in [-0.15, -0.1) is 0 Å². The highest BCUT2D eigenvalue weighted by Crippen LogP contribution is 2.45. The molecule has 15 nitrogen and oxygen atoms in total. The molecule has 0 saturated carbocycles. The lowest BCUT2D eigenvalue weighted by Gasteiger charge is -2.40. The topological polar surface area (TPSA) is 260 Å². The van der Waals surface area contributed by atoms with E-state index in [1.807, 2.05) is 0 Å². The molecule has 5 rings (SSSR count). The first kappa shape index (κ1) is 29.0. The van der Waals surface area contributed by atoms with E-state index in [1.165, 1.54) is 6.07 Å². The minimum absolute atomic E-state index is 0.101. The molecule has 0 unspecified atom stereocenters. The summed E-state index contributed by atoms with van der Waals surface area (Å²) in [6, 6.07) is 5.69. The maximum absolute atomic E-state index is 13.2. The molecule has 2 fully saturated rings. The van der Waals surface area contributed by atoms with Crippen LogP contribution in [0.25, 0.3) is 22.3 Å². The van der Waals surface area contributed by atoms with Crippen LogP contribution in [0.5, 0.6) is 23.0 Å². The number of aliphatic hydroxyl groups excluding tert-OH is 7. The van der Waals surface area contributed by atoms with Crippen molar-refractivity contribution in [3.63, 3.8) is 0 Å². The molecule has 222 valence electrons. The first-order valence-corrected chi connectivity index (χ1v) is 12.4. The fraction of sp³-hybridized carbons (Fsp3) is 0.423. The Bertz CT molecular complexity index is 1490. The van der Waals surface area contributed by atoms with Gasteiger partial charge in [-0.05, 0) is 18.2 Å². The van der Waals surface area contributed by atoms with Crippen molar-refractivity contribution in [3.05, 3.63) is 46.1 Å². The monoisotopic (exact) mass is 580 g/mol. The van der Waals surface area contributed by atoms with Gasteiger partial charge in [0.05, 0.1) is 18.8 Å². The second kappa shape index (κ2) is 11.1. The minimum atomic E-state index is -1.89. The fourth-order valence-corrected chi connectivity index (χ4v) is 4.84. The predicted molar refractivity (Wildman–Crippen MR) is 134 cm³/mol. The molecule has 2 aromatic carbocycles. The largest absolute Gasteiger partial charge is 0.506 e. The van der Waals surface area contributed by atoms with Crippen LogP contribution in [0.2, 0.25) is 0 Å². The number of hydrogen-bond donors (Lipinski definition) is 10. The van der Waals surface area contributed by atoms with E-state index in [2.05, 4.69) is 0 Å². The van der Waals surface area contributed by atoms with E-state index in [0.717, 1.165) is 24.3 Å². The van der Waals surface area contributed by atoms with Gasteiger partial charge in [0.1, 0.15) is 77.1 Å². The van der Waals surface area contributed by atoms with Gasteiger partial charge >= 0.3 is 0 Å². The van der Waals surface area contributed by atoms with Crippen LogP contribution in [-0.4, -0.2) is 113 Å². The second-order valence-electron chi connectivity index (χ2n) is 9.81. The molecular formula is C26H28O15. The number of phenols is 3. The second-order valence-corrected chi connectivity index (χ2v) is 9.81. The Morgan fingerprint density at radius 1 is 0.854 bits per heavy atom. The molecule has 0 aliphatic carbocycles. The number of phenolic OH excluding ortho intramolecular Hbond substituents is 3. The molecule has 3 aromatic rings. The van der Waals surface area contributed by atoms with Crippen LogP contribution in [0.1, 0.15) is 11.7 Å². The highest BCUT2D eigenvalue weighted by molar-refractivity contribution is 5.88. The maximum atomic E-state index is 13.2. The molecule has 0 bridgehead atoms. The standard InChI is InChI=1S/C26H28O15/c27-6-16-20(33)22(35)24(37)26(41-16)40-15-5-14-17(21(34)18(15)25-23(36)19(32)12(31)7-38-25)11(30)4-13(39-14)8-1-2-9(28)10(29)3-8/h1-5,12,16,19-20,22-29,31-37H,6-7H2/t12-,16+,19-,20+,22-,23+,24+,25-,26+/m0/s1. The first-order valence-electron chi connectivity index (χ1n) is 12.4. The van der Waals surface area contributed by atoms with E-state index in [0.29, 0.717) is 0 Å². The van der Waals surface area contributed by atoms with Crippen molar-refractivity contribution >= 4 is 11.0 Å². The van der Waals surface area contributed by atoms with E-state index < -0.39 is 108 Å². The third kappa shape index (κ3) is 5.07. The fourth-order valence-electron chi connectivity index (χ4n) is 4.84.